The number of nitrogens with zero attached hydrogens (tertiary/aromatic N) is 3. The molecule has 2 fully saturated rings. The summed E-state index contributed by atoms with van der Waals surface area (Å²) in [5.41, 5.74) is 0.850. The van der Waals surface area contributed by atoms with E-state index >= 15 is 0 Å². The lowest BCUT2D eigenvalue weighted by Gasteiger charge is -2.51. The fourth-order valence-corrected chi connectivity index (χ4v) is 5.17. The summed E-state index contributed by atoms with van der Waals surface area (Å²) in [6.07, 6.45) is 4.70. The molecule has 188 valence electrons. The number of ether oxygens (including phenoxy) is 3. The van der Waals surface area contributed by atoms with Crippen LogP contribution < -0.4 is 14.2 Å². The van der Waals surface area contributed by atoms with E-state index in [4.69, 9.17) is 14.2 Å². The Morgan fingerprint density at radius 1 is 1.00 bits per heavy atom. The molecular formula is C25H31N3O7. The Morgan fingerprint density at radius 2 is 1.66 bits per heavy atom. The van der Waals surface area contributed by atoms with Gasteiger partial charge in [0.1, 0.15) is 6.54 Å². The van der Waals surface area contributed by atoms with Gasteiger partial charge in [0.25, 0.3) is 0 Å². The summed E-state index contributed by atoms with van der Waals surface area (Å²) in [6, 6.07) is 2.15. The summed E-state index contributed by atoms with van der Waals surface area (Å²) in [4.78, 5) is 57.1. The van der Waals surface area contributed by atoms with Crippen molar-refractivity contribution in [2.75, 3.05) is 41.0 Å². The van der Waals surface area contributed by atoms with Gasteiger partial charge < -0.3 is 24.0 Å². The monoisotopic (exact) mass is 485 g/mol. The molecule has 35 heavy (non-hydrogen) atoms. The SMILES string of the molecule is CCCN1C=C2C3CCCC(C(=O)N2CC1=O)N3CC(=O)C(=O)c1cc(OC)c(OC)c(OC)c1. The predicted molar refractivity (Wildman–Crippen MR) is 125 cm³/mol. The van der Waals surface area contributed by atoms with Gasteiger partial charge >= 0.3 is 0 Å². The van der Waals surface area contributed by atoms with E-state index in [0.29, 0.717) is 18.7 Å². The van der Waals surface area contributed by atoms with E-state index in [0.717, 1.165) is 25.0 Å². The number of hydrogen-bond donors (Lipinski definition) is 0. The maximum Gasteiger partial charge on any atom is 0.246 e. The lowest BCUT2D eigenvalue weighted by Crippen LogP contribution is -2.66. The molecule has 0 aromatic heterocycles. The zero-order valence-electron chi connectivity index (χ0n) is 20.5. The topological polar surface area (TPSA) is 106 Å². The van der Waals surface area contributed by atoms with Crippen molar-refractivity contribution in [2.45, 2.75) is 44.7 Å². The van der Waals surface area contributed by atoms with Crippen LogP contribution in [0.25, 0.3) is 0 Å². The summed E-state index contributed by atoms with van der Waals surface area (Å²) in [6.45, 7) is 2.38. The van der Waals surface area contributed by atoms with Crippen LogP contribution in [0.1, 0.15) is 43.0 Å². The van der Waals surface area contributed by atoms with Crippen LogP contribution >= 0.6 is 0 Å². The van der Waals surface area contributed by atoms with E-state index in [-0.39, 0.29) is 48.0 Å². The van der Waals surface area contributed by atoms with Gasteiger partial charge in [-0.3, -0.25) is 24.1 Å². The maximum absolute atomic E-state index is 13.3. The molecule has 0 N–H and O–H groups in total. The largest absolute Gasteiger partial charge is 0.493 e. The minimum absolute atomic E-state index is 0.0177. The first kappa shape index (κ1) is 24.7. The summed E-state index contributed by atoms with van der Waals surface area (Å²) in [5.74, 6) is -0.749. The van der Waals surface area contributed by atoms with Crippen molar-refractivity contribution in [1.82, 2.24) is 14.7 Å². The number of amides is 2. The van der Waals surface area contributed by atoms with Crippen molar-refractivity contribution < 1.29 is 33.4 Å². The molecule has 1 aromatic carbocycles. The molecular weight excluding hydrogens is 454 g/mol. The number of rotatable bonds is 9. The van der Waals surface area contributed by atoms with Crippen molar-refractivity contribution in [3.8, 4) is 17.2 Å². The van der Waals surface area contributed by atoms with Gasteiger partial charge in [-0.2, -0.15) is 0 Å². The molecule has 3 aliphatic rings. The van der Waals surface area contributed by atoms with E-state index in [2.05, 4.69) is 0 Å². The summed E-state index contributed by atoms with van der Waals surface area (Å²) in [5, 5.41) is 0. The molecule has 2 saturated heterocycles. The van der Waals surface area contributed by atoms with Crippen LogP contribution in [0.5, 0.6) is 17.2 Å². The number of ketones is 2. The van der Waals surface area contributed by atoms with Crippen molar-refractivity contribution >= 4 is 23.4 Å². The fourth-order valence-electron chi connectivity index (χ4n) is 5.17. The van der Waals surface area contributed by atoms with Crippen LogP contribution in [0, 0.1) is 0 Å². The minimum atomic E-state index is -0.697. The molecule has 10 heteroatoms. The molecule has 4 rings (SSSR count). The number of carbonyl (C=O) groups excluding carboxylic acids is 4. The number of hydrogen-bond acceptors (Lipinski definition) is 8. The predicted octanol–water partition coefficient (Wildman–Crippen LogP) is 1.62. The highest BCUT2D eigenvalue weighted by Crippen LogP contribution is 2.39. The molecule has 2 atom stereocenters. The van der Waals surface area contributed by atoms with Gasteiger partial charge in [0, 0.05) is 18.3 Å². The number of piperazine rings is 1. The first-order valence-electron chi connectivity index (χ1n) is 11.8. The molecule has 2 unspecified atom stereocenters. The Balaban J connectivity index is 1.61. The summed E-state index contributed by atoms with van der Waals surface area (Å²) < 4.78 is 15.9. The summed E-state index contributed by atoms with van der Waals surface area (Å²) in [7, 11) is 4.33. The first-order chi connectivity index (χ1) is 16.8. The average molecular weight is 486 g/mol. The van der Waals surface area contributed by atoms with Gasteiger partial charge in [0.2, 0.25) is 29.1 Å². The van der Waals surface area contributed by atoms with Crippen LogP contribution in [0.4, 0.5) is 0 Å². The summed E-state index contributed by atoms with van der Waals surface area (Å²) >= 11 is 0. The second kappa shape index (κ2) is 10.1. The first-order valence-corrected chi connectivity index (χ1v) is 11.8. The van der Waals surface area contributed by atoms with Crippen molar-refractivity contribution in [3.05, 3.63) is 29.6 Å². The molecule has 0 spiro atoms. The molecule has 2 bridgehead atoms. The van der Waals surface area contributed by atoms with Gasteiger partial charge in [-0.15, -0.1) is 0 Å². The molecule has 2 amide bonds. The quantitative estimate of drug-likeness (QED) is 0.384. The Morgan fingerprint density at radius 3 is 2.26 bits per heavy atom. The minimum Gasteiger partial charge on any atom is -0.493 e. The smallest absolute Gasteiger partial charge is 0.246 e. The Hall–Kier alpha value is -3.40. The number of methoxy groups -OCH3 is 3. The number of piperidine rings is 1. The van der Waals surface area contributed by atoms with Crippen molar-refractivity contribution in [1.29, 1.82) is 0 Å². The third-order valence-corrected chi connectivity index (χ3v) is 6.83. The fraction of sp³-hybridized carbons (Fsp3) is 0.520. The highest BCUT2D eigenvalue weighted by atomic mass is 16.5. The van der Waals surface area contributed by atoms with Crippen LogP contribution in [0.15, 0.2) is 24.0 Å². The standard InChI is InChI=1S/C25H31N3O7/c1-5-9-26-12-18-16-7-6-8-17(25(32)28(18)14-22(26)30)27(16)13-19(29)23(31)15-10-20(33-2)24(35-4)21(11-15)34-3/h10-12,16-17H,5-9,13-14H2,1-4H3. The van der Waals surface area contributed by atoms with Crippen LogP contribution in [-0.2, 0) is 14.4 Å². The molecule has 10 nitrogen and oxygen atoms in total. The molecule has 0 aliphatic carbocycles. The maximum atomic E-state index is 13.3. The molecule has 3 heterocycles. The third-order valence-electron chi connectivity index (χ3n) is 6.83. The van der Waals surface area contributed by atoms with E-state index in [1.165, 1.54) is 33.5 Å². The second-order valence-electron chi connectivity index (χ2n) is 8.87. The van der Waals surface area contributed by atoms with Gasteiger partial charge in [-0.05, 0) is 37.8 Å². The highest BCUT2D eigenvalue weighted by Gasteiger charge is 2.49. The Kier molecular flexibility index (Phi) is 7.11. The zero-order valence-corrected chi connectivity index (χ0v) is 20.5. The van der Waals surface area contributed by atoms with Crippen LogP contribution in [-0.4, -0.2) is 91.1 Å². The molecule has 0 radical (unpaired) electrons. The van der Waals surface area contributed by atoms with Gasteiger partial charge in [-0.25, -0.2) is 0 Å². The van der Waals surface area contributed by atoms with Gasteiger partial charge in [0.05, 0.1) is 45.7 Å². The normalized spacial score (nSPS) is 21.9. The second-order valence-corrected chi connectivity index (χ2v) is 8.87. The highest BCUT2D eigenvalue weighted by molar-refractivity contribution is 6.44. The average Bonchev–Trinajstić information content (AvgIpc) is 2.87. The molecule has 0 saturated carbocycles. The molecule has 3 aliphatic heterocycles. The number of Topliss-reactive ketones (excluding diaryl/α,β-unsaturated/α-hetero) is 2. The van der Waals surface area contributed by atoms with E-state index in [1.807, 2.05) is 11.8 Å². The van der Waals surface area contributed by atoms with Crippen molar-refractivity contribution in [3.63, 3.8) is 0 Å². The third kappa shape index (κ3) is 4.38. The van der Waals surface area contributed by atoms with E-state index in [1.54, 1.807) is 16.0 Å². The van der Waals surface area contributed by atoms with Crippen LogP contribution in [0.3, 0.4) is 0 Å². The van der Waals surface area contributed by atoms with E-state index < -0.39 is 17.6 Å². The lowest BCUT2D eigenvalue weighted by atomic mass is 9.87. The number of benzene rings is 1. The van der Waals surface area contributed by atoms with Gasteiger partial charge in [-0.1, -0.05) is 6.92 Å². The number of carbonyl (C=O) groups is 4. The zero-order chi connectivity index (χ0) is 25.3. The van der Waals surface area contributed by atoms with Crippen molar-refractivity contribution in [2.24, 2.45) is 0 Å². The lowest BCUT2D eigenvalue weighted by molar-refractivity contribution is -0.151. The Bertz CT molecular complexity index is 1060. The van der Waals surface area contributed by atoms with Gasteiger partial charge in [0.15, 0.2) is 11.5 Å². The van der Waals surface area contributed by atoms with Crippen LogP contribution in [0.2, 0.25) is 0 Å². The molecule has 1 aromatic rings. The van der Waals surface area contributed by atoms with E-state index in [9.17, 15) is 19.2 Å². The number of fused-ring (bicyclic) bond motifs is 4. The Labute approximate surface area is 204 Å².